The van der Waals surface area contributed by atoms with E-state index >= 15 is 0 Å². The SMILES string of the molecule is C[C@@H]1CN(CCNC(=O)c2ccc(Nc3nc4c(N5CCC(CO)(c6ccc(Cl)cc6)CC5)cccn4n3)cc2)C[C@H](C)O1. The van der Waals surface area contributed by atoms with E-state index in [0.29, 0.717) is 23.1 Å². The highest BCUT2D eigenvalue weighted by atomic mass is 35.5. The van der Waals surface area contributed by atoms with Crippen LogP contribution < -0.4 is 15.5 Å². The van der Waals surface area contributed by atoms with Crippen molar-refractivity contribution in [2.24, 2.45) is 0 Å². The summed E-state index contributed by atoms with van der Waals surface area (Å²) >= 11 is 6.10. The first-order chi connectivity index (χ1) is 21.3. The van der Waals surface area contributed by atoms with Crippen molar-refractivity contribution in [3.8, 4) is 0 Å². The minimum Gasteiger partial charge on any atom is -0.395 e. The minimum absolute atomic E-state index is 0.0933. The molecule has 0 aliphatic carbocycles. The Morgan fingerprint density at radius 2 is 1.75 bits per heavy atom. The Morgan fingerprint density at radius 1 is 1.05 bits per heavy atom. The lowest BCUT2D eigenvalue weighted by molar-refractivity contribution is -0.0672. The molecule has 2 fully saturated rings. The average molecular weight is 618 g/mol. The van der Waals surface area contributed by atoms with Crippen molar-refractivity contribution in [2.75, 3.05) is 56.1 Å². The first-order valence-corrected chi connectivity index (χ1v) is 15.7. The normalized spacial score (nSPS) is 20.5. The highest BCUT2D eigenvalue weighted by Gasteiger charge is 2.36. The zero-order chi connectivity index (χ0) is 30.7. The highest BCUT2D eigenvalue weighted by molar-refractivity contribution is 6.30. The van der Waals surface area contributed by atoms with E-state index in [1.807, 2.05) is 48.7 Å². The summed E-state index contributed by atoms with van der Waals surface area (Å²) in [5, 5.41) is 22.0. The smallest absolute Gasteiger partial charge is 0.251 e. The molecule has 44 heavy (non-hydrogen) atoms. The lowest BCUT2D eigenvalue weighted by Gasteiger charge is -2.42. The molecule has 10 nitrogen and oxygen atoms in total. The number of carbonyl (C=O) groups is 1. The van der Waals surface area contributed by atoms with E-state index in [1.54, 1.807) is 16.6 Å². The number of ether oxygens (including phenoxy) is 1. The molecule has 0 unspecified atom stereocenters. The van der Waals surface area contributed by atoms with Gasteiger partial charge in [0.1, 0.15) is 0 Å². The van der Waals surface area contributed by atoms with Crippen molar-refractivity contribution >= 4 is 40.5 Å². The van der Waals surface area contributed by atoms with Crippen LogP contribution in [-0.4, -0.2) is 88.6 Å². The first kappa shape index (κ1) is 30.3. The number of halogens is 1. The molecule has 2 saturated heterocycles. The third-order valence-electron chi connectivity index (χ3n) is 8.77. The van der Waals surface area contributed by atoms with Gasteiger partial charge in [-0.2, -0.15) is 4.98 Å². The van der Waals surface area contributed by atoms with Crippen molar-refractivity contribution in [1.29, 1.82) is 0 Å². The van der Waals surface area contributed by atoms with Gasteiger partial charge in [-0.3, -0.25) is 9.69 Å². The quantitative estimate of drug-likeness (QED) is 0.252. The number of aliphatic hydroxyl groups is 1. The van der Waals surface area contributed by atoms with E-state index in [-0.39, 0.29) is 30.1 Å². The fraction of sp³-hybridized carbons (Fsp3) is 0.424. The number of amides is 1. The fourth-order valence-electron chi connectivity index (χ4n) is 6.44. The standard InChI is InChI=1S/C33H40ClN7O3/c1-23-20-39(21-24(2)44-23)19-15-35-31(43)25-5-11-28(12-6-25)36-32-37-30-29(4-3-16-41(30)38-32)40-17-13-33(22-42,14-18-40)26-7-9-27(34)10-8-26/h3-12,16,23-24,42H,13-15,17-22H2,1-2H3,(H,35,43)(H,36,38)/t23-,24+. The number of anilines is 3. The van der Waals surface area contributed by atoms with Crippen LogP contribution >= 0.6 is 11.6 Å². The van der Waals surface area contributed by atoms with Crippen molar-refractivity contribution < 1.29 is 14.6 Å². The van der Waals surface area contributed by atoms with Crippen molar-refractivity contribution in [2.45, 2.75) is 44.3 Å². The number of fused-ring (bicyclic) bond motifs is 1. The maximum absolute atomic E-state index is 12.7. The molecule has 2 aromatic heterocycles. The van der Waals surface area contributed by atoms with E-state index in [4.69, 9.17) is 21.3 Å². The van der Waals surface area contributed by atoms with Gasteiger partial charge in [0.15, 0.2) is 5.65 Å². The monoisotopic (exact) mass is 617 g/mol. The Balaban J connectivity index is 1.06. The molecule has 6 rings (SSSR count). The van der Waals surface area contributed by atoms with Gasteiger partial charge >= 0.3 is 0 Å². The van der Waals surface area contributed by atoms with Crippen LogP contribution in [0.4, 0.5) is 17.3 Å². The largest absolute Gasteiger partial charge is 0.395 e. The van der Waals surface area contributed by atoms with Gasteiger partial charge in [0.25, 0.3) is 5.91 Å². The number of carbonyl (C=O) groups excluding carboxylic acids is 1. The third kappa shape index (κ3) is 6.68. The van der Waals surface area contributed by atoms with Gasteiger partial charge in [0.2, 0.25) is 5.95 Å². The molecule has 2 aliphatic heterocycles. The topological polar surface area (TPSA) is 107 Å². The molecular weight excluding hydrogens is 578 g/mol. The lowest BCUT2D eigenvalue weighted by atomic mass is 9.73. The number of piperidine rings is 1. The zero-order valence-electron chi connectivity index (χ0n) is 25.2. The number of aromatic nitrogens is 3. The van der Waals surface area contributed by atoms with Crippen molar-refractivity contribution in [1.82, 2.24) is 24.8 Å². The maximum Gasteiger partial charge on any atom is 0.251 e. The zero-order valence-corrected chi connectivity index (χ0v) is 26.0. The van der Waals surface area contributed by atoms with Gasteiger partial charge in [0, 0.05) is 67.2 Å². The van der Waals surface area contributed by atoms with Crippen LogP contribution in [0.5, 0.6) is 0 Å². The molecule has 2 atom stereocenters. The average Bonchev–Trinajstić information content (AvgIpc) is 3.44. The highest BCUT2D eigenvalue weighted by Crippen LogP contribution is 2.38. The second kappa shape index (κ2) is 13.1. The predicted octanol–water partition coefficient (Wildman–Crippen LogP) is 4.50. The number of pyridine rings is 1. The summed E-state index contributed by atoms with van der Waals surface area (Å²) in [6.45, 7) is 8.98. The molecular formula is C33H40ClN7O3. The number of nitrogens with zero attached hydrogens (tertiary/aromatic N) is 5. The maximum atomic E-state index is 12.7. The van der Waals surface area contributed by atoms with Crippen LogP contribution in [0.25, 0.3) is 5.65 Å². The van der Waals surface area contributed by atoms with Crippen LogP contribution in [0.2, 0.25) is 5.02 Å². The van der Waals surface area contributed by atoms with Crippen LogP contribution in [0.15, 0.2) is 66.9 Å². The first-order valence-electron chi connectivity index (χ1n) is 15.3. The molecule has 2 aromatic carbocycles. The van der Waals surface area contributed by atoms with Gasteiger partial charge in [-0.15, -0.1) is 5.10 Å². The predicted molar refractivity (Wildman–Crippen MR) is 173 cm³/mol. The van der Waals surface area contributed by atoms with Gasteiger partial charge in [-0.1, -0.05) is 23.7 Å². The van der Waals surface area contributed by atoms with Crippen LogP contribution in [0.1, 0.15) is 42.6 Å². The second-order valence-corrected chi connectivity index (χ2v) is 12.4. The number of rotatable bonds is 9. The number of hydrogen-bond donors (Lipinski definition) is 3. The lowest BCUT2D eigenvalue weighted by Crippen LogP contribution is -2.47. The van der Waals surface area contributed by atoms with E-state index in [0.717, 1.165) is 68.2 Å². The summed E-state index contributed by atoms with van der Waals surface area (Å²) in [5.41, 5.74) is 4.00. The summed E-state index contributed by atoms with van der Waals surface area (Å²) in [7, 11) is 0. The van der Waals surface area contributed by atoms with Gasteiger partial charge in [0.05, 0.1) is 24.5 Å². The Morgan fingerprint density at radius 3 is 2.43 bits per heavy atom. The number of nitrogens with one attached hydrogen (secondary N) is 2. The van der Waals surface area contributed by atoms with Gasteiger partial charge < -0.3 is 25.4 Å². The molecule has 11 heteroatoms. The molecule has 0 bridgehead atoms. The molecule has 1 amide bonds. The van der Waals surface area contributed by atoms with Gasteiger partial charge in [-0.25, -0.2) is 4.52 Å². The number of hydrogen-bond acceptors (Lipinski definition) is 8. The van der Waals surface area contributed by atoms with E-state index in [2.05, 4.69) is 45.4 Å². The minimum atomic E-state index is -0.282. The fourth-order valence-corrected chi connectivity index (χ4v) is 6.57. The van der Waals surface area contributed by atoms with Crippen LogP contribution in [0, 0.1) is 0 Å². The summed E-state index contributed by atoms with van der Waals surface area (Å²) in [6.07, 6.45) is 3.94. The molecule has 0 radical (unpaired) electrons. The second-order valence-electron chi connectivity index (χ2n) is 12.0. The summed E-state index contributed by atoms with van der Waals surface area (Å²) in [5.74, 6) is 0.385. The molecule has 232 valence electrons. The number of aliphatic hydroxyl groups excluding tert-OH is 1. The molecule has 4 aromatic rings. The Kier molecular flexibility index (Phi) is 9.04. The van der Waals surface area contributed by atoms with Crippen molar-refractivity contribution in [3.05, 3.63) is 83.0 Å². The number of benzene rings is 2. The Hall–Kier alpha value is -3.70. The summed E-state index contributed by atoms with van der Waals surface area (Å²) < 4.78 is 7.57. The molecule has 0 saturated carbocycles. The van der Waals surface area contributed by atoms with Crippen molar-refractivity contribution in [3.63, 3.8) is 0 Å². The van der Waals surface area contributed by atoms with E-state index in [1.165, 1.54) is 0 Å². The van der Waals surface area contributed by atoms with Gasteiger partial charge in [-0.05, 0) is 80.8 Å². The molecule has 4 heterocycles. The molecule has 2 aliphatic rings. The van der Waals surface area contributed by atoms with Crippen LogP contribution in [-0.2, 0) is 10.2 Å². The van der Waals surface area contributed by atoms with E-state index in [9.17, 15) is 9.90 Å². The van der Waals surface area contributed by atoms with E-state index < -0.39 is 0 Å². The number of morpholine rings is 1. The third-order valence-corrected chi connectivity index (χ3v) is 9.03. The van der Waals surface area contributed by atoms with Crippen LogP contribution in [0.3, 0.4) is 0 Å². The summed E-state index contributed by atoms with van der Waals surface area (Å²) in [4.78, 5) is 22.2. The Labute approximate surface area is 263 Å². The summed E-state index contributed by atoms with van der Waals surface area (Å²) in [6, 6.07) is 19.2. The molecule has 3 N–H and O–H groups in total. The molecule has 0 spiro atoms. The Bertz CT molecular complexity index is 1560.